The molecule has 2 aromatic rings. The van der Waals surface area contributed by atoms with Crippen molar-refractivity contribution in [3.63, 3.8) is 0 Å². The molecule has 2 atom stereocenters. The number of nitrogens with zero attached hydrogens (tertiary/aromatic N) is 2. The Bertz CT molecular complexity index is 825. The van der Waals surface area contributed by atoms with Crippen LogP contribution in [0.3, 0.4) is 0 Å². The van der Waals surface area contributed by atoms with Gasteiger partial charge in [0.1, 0.15) is 6.04 Å². The van der Waals surface area contributed by atoms with E-state index in [0.29, 0.717) is 13.0 Å². The van der Waals surface area contributed by atoms with Gasteiger partial charge in [0.15, 0.2) is 0 Å². The van der Waals surface area contributed by atoms with Gasteiger partial charge in [-0.15, -0.1) is 0 Å². The molecule has 5 heteroatoms. The number of hydrogen-bond donors (Lipinski definition) is 1. The Hall–Kier alpha value is -2.30. The van der Waals surface area contributed by atoms with E-state index in [1.807, 2.05) is 19.1 Å². The van der Waals surface area contributed by atoms with Crippen molar-refractivity contribution in [3.05, 3.63) is 35.5 Å². The molecule has 1 fully saturated rings. The molecule has 2 aliphatic rings. The van der Waals surface area contributed by atoms with Crippen molar-refractivity contribution in [2.24, 2.45) is 0 Å². The highest BCUT2D eigenvalue weighted by Crippen LogP contribution is 2.38. The molecule has 0 spiro atoms. The van der Waals surface area contributed by atoms with Gasteiger partial charge in [0.05, 0.1) is 12.6 Å². The molecular formula is C20H25N3O2. The second-order valence-corrected chi connectivity index (χ2v) is 7.23. The Morgan fingerprint density at radius 1 is 1.20 bits per heavy atom. The topological polar surface area (TPSA) is 56.4 Å². The van der Waals surface area contributed by atoms with E-state index >= 15 is 0 Å². The number of benzene rings is 1. The van der Waals surface area contributed by atoms with E-state index in [-0.39, 0.29) is 30.4 Å². The first-order valence-electron chi connectivity index (χ1n) is 9.31. The van der Waals surface area contributed by atoms with Crippen LogP contribution in [0.25, 0.3) is 10.9 Å². The van der Waals surface area contributed by atoms with E-state index in [2.05, 4.69) is 24.0 Å². The molecule has 5 nitrogen and oxygen atoms in total. The highest BCUT2D eigenvalue weighted by Gasteiger charge is 2.45. The molecule has 132 valence electrons. The second kappa shape index (κ2) is 6.21. The average molecular weight is 339 g/mol. The summed E-state index contributed by atoms with van der Waals surface area (Å²) in [7, 11) is 0. The van der Waals surface area contributed by atoms with Gasteiger partial charge in [-0.1, -0.05) is 38.0 Å². The van der Waals surface area contributed by atoms with Crippen LogP contribution in [0.15, 0.2) is 24.3 Å². The minimum Gasteiger partial charge on any atom is -0.356 e. The van der Waals surface area contributed by atoms with Gasteiger partial charge in [0, 0.05) is 29.6 Å². The SMILES string of the molecule is CCCCCN1CC(=O)N2[C@H](Cc3c([nH]c4ccccc34)[C@@H]2C)C1=O. The molecule has 25 heavy (non-hydrogen) atoms. The lowest BCUT2D eigenvalue weighted by atomic mass is 9.90. The molecule has 1 N–H and O–H groups in total. The van der Waals surface area contributed by atoms with Gasteiger partial charge in [-0.25, -0.2) is 0 Å². The van der Waals surface area contributed by atoms with E-state index in [1.165, 1.54) is 10.9 Å². The Balaban J connectivity index is 1.68. The second-order valence-electron chi connectivity index (χ2n) is 7.23. The summed E-state index contributed by atoms with van der Waals surface area (Å²) in [5.41, 5.74) is 3.36. The summed E-state index contributed by atoms with van der Waals surface area (Å²) in [6.45, 7) is 5.08. The van der Waals surface area contributed by atoms with Crippen LogP contribution >= 0.6 is 0 Å². The average Bonchev–Trinajstić information content (AvgIpc) is 2.98. The predicted molar refractivity (Wildman–Crippen MR) is 97.2 cm³/mol. The predicted octanol–water partition coefficient (Wildman–Crippen LogP) is 3.01. The van der Waals surface area contributed by atoms with E-state index < -0.39 is 0 Å². The molecule has 0 bridgehead atoms. The maximum absolute atomic E-state index is 13.0. The zero-order valence-corrected chi connectivity index (χ0v) is 14.9. The first-order valence-corrected chi connectivity index (χ1v) is 9.31. The minimum atomic E-state index is -0.357. The van der Waals surface area contributed by atoms with Crippen LogP contribution in [0.1, 0.15) is 50.4 Å². The lowest BCUT2D eigenvalue weighted by Crippen LogP contribution is -2.62. The number of amides is 2. The van der Waals surface area contributed by atoms with E-state index in [4.69, 9.17) is 0 Å². The van der Waals surface area contributed by atoms with Crippen molar-refractivity contribution in [2.45, 2.75) is 51.6 Å². The first-order chi connectivity index (χ1) is 12.1. The Morgan fingerprint density at radius 2 is 2.00 bits per heavy atom. The maximum Gasteiger partial charge on any atom is 0.246 e. The van der Waals surface area contributed by atoms with Crippen LogP contribution in [0.4, 0.5) is 0 Å². The molecular weight excluding hydrogens is 314 g/mol. The molecule has 0 aliphatic carbocycles. The third kappa shape index (κ3) is 2.53. The fraction of sp³-hybridized carbons (Fsp3) is 0.500. The number of fused-ring (bicyclic) bond motifs is 4. The fourth-order valence-corrected chi connectivity index (χ4v) is 4.37. The molecule has 2 amide bonds. The van der Waals surface area contributed by atoms with Gasteiger partial charge >= 0.3 is 0 Å². The minimum absolute atomic E-state index is 0.0675. The van der Waals surface area contributed by atoms with E-state index in [9.17, 15) is 9.59 Å². The van der Waals surface area contributed by atoms with Crippen LogP contribution in [-0.2, 0) is 16.0 Å². The number of rotatable bonds is 4. The maximum atomic E-state index is 13.0. The Labute approximate surface area is 148 Å². The van der Waals surface area contributed by atoms with Crippen LogP contribution < -0.4 is 0 Å². The quantitative estimate of drug-likeness (QED) is 0.871. The number of hydrogen-bond acceptors (Lipinski definition) is 2. The van der Waals surface area contributed by atoms with Gasteiger partial charge < -0.3 is 14.8 Å². The molecule has 0 saturated carbocycles. The number of carbonyl (C=O) groups is 2. The van der Waals surface area contributed by atoms with Crippen molar-refractivity contribution in [2.75, 3.05) is 13.1 Å². The normalized spacial score (nSPS) is 23.1. The number of unbranched alkanes of at least 4 members (excludes halogenated alkanes) is 2. The first kappa shape index (κ1) is 16.2. The smallest absolute Gasteiger partial charge is 0.246 e. The van der Waals surface area contributed by atoms with Crippen molar-refractivity contribution in [1.29, 1.82) is 0 Å². The van der Waals surface area contributed by atoms with Gasteiger partial charge in [0.25, 0.3) is 0 Å². The molecule has 1 aromatic heterocycles. The number of aromatic nitrogens is 1. The van der Waals surface area contributed by atoms with Crippen LogP contribution in [0, 0.1) is 0 Å². The molecule has 0 radical (unpaired) electrons. The van der Waals surface area contributed by atoms with Crippen molar-refractivity contribution < 1.29 is 9.59 Å². The Kier molecular flexibility index (Phi) is 4.02. The van der Waals surface area contributed by atoms with Gasteiger partial charge in [-0.05, 0) is 25.0 Å². The van der Waals surface area contributed by atoms with Crippen molar-refractivity contribution in [1.82, 2.24) is 14.8 Å². The third-order valence-electron chi connectivity index (χ3n) is 5.66. The molecule has 2 aliphatic heterocycles. The van der Waals surface area contributed by atoms with Crippen LogP contribution in [-0.4, -0.2) is 45.7 Å². The van der Waals surface area contributed by atoms with E-state index in [1.54, 1.807) is 9.80 Å². The molecule has 4 rings (SSSR count). The highest BCUT2D eigenvalue weighted by atomic mass is 16.2. The fourth-order valence-electron chi connectivity index (χ4n) is 4.37. The van der Waals surface area contributed by atoms with Crippen molar-refractivity contribution >= 4 is 22.7 Å². The summed E-state index contributed by atoms with van der Waals surface area (Å²) < 4.78 is 0. The lowest BCUT2D eigenvalue weighted by Gasteiger charge is -2.46. The number of nitrogens with one attached hydrogen (secondary N) is 1. The van der Waals surface area contributed by atoms with Gasteiger partial charge in [-0.3, -0.25) is 9.59 Å². The lowest BCUT2D eigenvalue weighted by molar-refractivity contribution is -0.159. The number of piperazine rings is 1. The number of carbonyl (C=O) groups excluding carboxylic acids is 2. The van der Waals surface area contributed by atoms with Gasteiger partial charge in [-0.2, -0.15) is 0 Å². The summed E-state index contributed by atoms with van der Waals surface area (Å²) in [6.07, 6.45) is 3.78. The number of para-hydroxylation sites is 1. The van der Waals surface area contributed by atoms with E-state index in [0.717, 1.165) is 30.5 Å². The van der Waals surface area contributed by atoms with Gasteiger partial charge in [0.2, 0.25) is 11.8 Å². The largest absolute Gasteiger partial charge is 0.356 e. The number of H-pyrrole nitrogens is 1. The number of aromatic amines is 1. The summed E-state index contributed by atoms with van der Waals surface area (Å²) in [4.78, 5) is 32.8. The van der Waals surface area contributed by atoms with Crippen LogP contribution in [0.2, 0.25) is 0 Å². The third-order valence-corrected chi connectivity index (χ3v) is 5.66. The van der Waals surface area contributed by atoms with Crippen LogP contribution in [0.5, 0.6) is 0 Å². The molecule has 3 heterocycles. The molecule has 1 aromatic carbocycles. The zero-order valence-electron chi connectivity index (χ0n) is 14.9. The monoisotopic (exact) mass is 339 g/mol. The summed E-state index contributed by atoms with van der Waals surface area (Å²) >= 11 is 0. The van der Waals surface area contributed by atoms with Crippen molar-refractivity contribution in [3.8, 4) is 0 Å². The zero-order chi connectivity index (χ0) is 17.6. The standard InChI is InChI=1S/C20H25N3O2/c1-3-4-7-10-22-12-18(24)23-13(2)19-15(11-17(23)20(22)25)14-8-5-6-9-16(14)21-19/h5-6,8-9,13,17,21H,3-4,7,10-12H2,1-2H3/t13-,17+/m0/s1. The summed E-state index contributed by atoms with van der Waals surface area (Å²) in [5.74, 6) is 0.177. The summed E-state index contributed by atoms with van der Waals surface area (Å²) in [6, 6.07) is 7.74. The highest BCUT2D eigenvalue weighted by molar-refractivity contribution is 5.97. The summed E-state index contributed by atoms with van der Waals surface area (Å²) in [5, 5.41) is 1.17. The Morgan fingerprint density at radius 3 is 2.80 bits per heavy atom. The molecule has 0 unspecified atom stereocenters. The molecule has 1 saturated heterocycles.